The number of benzene rings is 1. The molecule has 1 saturated heterocycles. The van der Waals surface area contributed by atoms with Crippen LogP contribution < -0.4 is 16.5 Å². The smallest absolute Gasteiger partial charge is 0.352 e. The van der Waals surface area contributed by atoms with Crippen LogP contribution in [0.1, 0.15) is 19.5 Å². The highest BCUT2D eigenvalue weighted by atomic mass is 32.2. The standard InChI is InChI=1S/C25H23N7O9S2/c1-25(2,23(39)40)41-30-16(13-9-43-24(26)28-13)19(35)29-17-20(36)32-18(22(37)38)12(8-42-21(17)32)7-31-6-11-4-15(34)14(33)3-10(11)5-27-31/h3-6,9,17,21,34H,7-8H2,1-2H3,(H2,26,28)(H,29,35)(H,37,38)(H,39,40)/b30-16-/t17-,21-/m1/s1. The number of β-lactam (4-membered cyclic amide) rings is 1. The number of thioether (sulfide) groups is 1. The Morgan fingerprint density at radius 2 is 1.98 bits per heavy atom. The van der Waals surface area contributed by atoms with Crippen LogP contribution >= 0.6 is 23.1 Å². The van der Waals surface area contributed by atoms with Crippen molar-refractivity contribution in [1.29, 1.82) is 0 Å². The van der Waals surface area contributed by atoms with E-state index in [4.69, 9.17) is 10.6 Å². The SMILES string of the molecule is CC(C)(O/N=C(\C(=O)N[C@@H]1C(=O)N2C(C(=O)O)=C(Cn3cc4cc(O)c(=O)cc-4cn3)CS[C@H]12)c1csc(N)n1)C(=O)O. The van der Waals surface area contributed by atoms with Gasteiger partial charge in [0.1, 0.15) is 22.8 Å². The van der Waals surface area contributed by atoms with E-state index in [1.54, 1.807) is 6.20 Å². The van der Waals surface area contributed by atoms with Crippen LogP contribution in [-0.4, -0.2) is 87.2 Å². The van der Waals surface area contributed by atoms with Gasteiger partial charge < -0.3 is 31.2 Å². The molecule has 0 spiro atoms. The van der Waals surface area contributed by atoms with E-state index >= 15 is 0 Å². The number of aliphatic carboxylic acids is 2. The zero-order valence-corrected chi connectivity index (χ0v) is 24.0. The van der Waals surface area contributed by atoms with Crippen molar-refractivity contribution >= 4 is 57.7 Å². The molecular formula is C25H23N7O9S2. The Hall–Kier alpha value is -4.97. The third kappa shape index (κ3) is 5.61. The molecule has 4 heterocycles. The Bertz CT molecular complexity index is 1760. The van der Waals surface area contributed by atoms with Crippen molar-refractivity contribution in [2.45, 2.75) is 37.4 Å². The van der Waals surface area contributed by atoms with Crippen LogP contribution in [-0.2, 0) is 30.6 Å². The molecule has 1 aromatic heterocycles. The number of nitrogens with zero attached hydrogens (tertiary/aromatic N) is 5. The number of hydrogen-bond donors (Lipinski definition) is 5. The van der Waals surface area contributed by atoms with E-state index in [0.717, 1.165) is 16.2 Å². The molecule has 224 valence electrons. The molecule has 1 aliphatic carbocycles. The monoisotopic (exact) mass is 629 g/mol. The number of thiazole rings is 1. The van der Waals surface area contributed by atoms with Crippen LogP contribution in [0.5, 0.6) is 5.75 Å². The minimum Gasteiger partial charge on any atom is -0.504 e. The van der Waals surface area contributed by atoms with Crippen molar-refractivity contribution in [3.63, 3.8) is 0 Å². The summed E-state index contributed by atoms with van der Waals surface area (Å²) in [4.78, 5) is 72.0. The second-order valence-electron chi connectivity index (χ2n) is 9.96. The Labute approximate surface area is 249 Å². The van der Waals surface area contributed by atoms with Gasteiger partial charge >= 0.3 is 11.9 Å². The first-order valence-electron chi connectivity index (χ1n) is 12.4. The summed E-state index contributed by atoms with van der Waals surface area (Å²) in [5, 5.41) is 40.3. The Balaban J connectivity index is 1.37. The number of aromatic nitrogens is 3. The first-order valence-corrected chi connectivity index (χ1v) is 14.3. The van der Waals surface area contributed by atoms with Crippen LogP contribution in [0.25, 0.3) is 11.1 Å². The number of nitrogens with two attached hydrogens (primary N) is 1. The Kier molecular flexibility index (Phi) is 7.57. The van der Waals surface area contributed by atoms with E-state index in [0.29, 0.717) is 16.7 Å². The lowest BCUT2D eigenvalue weighted by molar-refractivity contribution is -0.161. The molecule has 0 radical (unpaired) electrons. The van der Waals surface area contributed by atoms with Gasteiger partial charge in [-0.15, -0.1) is 23.1 Å². The average molecular weight is 630 g/mol. The number of oxime groups is 1. The van der Waals surface area contributed by atoms with E-state index in [-0.39, 0.29) is 28.8 Å². The number of rotatable bonds is 9. The molecule has 16 nitrogen and oxygen atoms in total. The molecule has 1 fully saturated rings. The lowest BCUT2D eigenvalue weighted by Crippen LogP contribution is -2.71. The summed E-state index contributed by atoms with van der Waals surface area (Å²) < 4.78 is 1.43. The average Bonchev–Trinajstić information content (AvgIpc) is 3.37. The molecular weight excluding hydrogens is 606 g/mol. The number of fused-ring (bicyclic) bond motifs is 2. The van der Waals surface area contributed by atoms with Gasteiger partial charge in [-0.25, -0.2) is 14.6 Å². The topological polar surface area (TPSA) is 240 Å². The van der Waals surface area contributed by atoms with Crippen molar-refractivity contribution in [1.82, 2.24) is 25.0 Å². The van der Waals surface area contributed by atoms with Gasteiger partial charge in [0, 0.05) is 28.5 Å². The zero-order chi connectivity index (χ0) is 31.2. The predicted molar refractivity (Wildman–Crippen MR) is 152 cm³/mol. The molecule has 2 atom stereocenters. The number of hydrogen-bond acceptors (Lipinski definition) is 13. The quantitative estimate of drug-likeness (QED) is 0.120. The van der Waals surface area contributed by atoms with Gasteiger partial charge in [-0.2, -0.15) is 5.10 Å². The molecule has 4 aliphatic rings. The molecule has 6 N–H and O–H groups in total. The minimum atomic E-state index is -1.79. The molecule has 0 aromatic carbocycles. The normalized spacial score (nSPS) is 18.7. The van der Waals surface area contributed by atoms with Crippen molar-refractivity contribution < 1.29 is 39.3 Å². The van der Waals surface area contributed by atoms with Crippen LogP contribution in [0.2, 0.25) is 0 Å². The van der Waals surface area contributed by atoms with Gasteiger partial charge in [0.15, 0.2) is 16.6 Å². The first kappa shape index (κ1) is 29.5. The van der Waals surface area contributed by atoms with E-state index < -0.39 is 57.7 Å². The zero-order valence-electron chi connectivity index (χ0n) is 22.4. The number of nitrogens with one attached hydrogen (secondary N) is 1. The second kappa shape index (κ2) is 11.0. The summed E-state index contributed by atoms with van der Waals surface area (Å²) in [6.07, 6.45) is 2.95. The number of carbonyl (C=O) groups excluding carboxylic acids is 2. The van der Waals surface area contributed by atoms with Crippen LogP contribution in [0, 0.1) is 0 Å². The molecule has 43 heavy (non-hydrogen) atoms. The molecule has 3 aliphatic heterocycles. The molecule has 1 aromatic rings. The molecule has 0 unspecified atom stereocenters. The van der Waals surface area contributed by atoms with Crippen LogP contribution in [0.15, 0.2) is 51.1 Å². The number of phenols is 1. The second-order valence-corrected chi connectivity index (χ2v) is 12.0. The van der Waals surface area contributed by atoms with Crippen molar-refractivity contribution in [3.05, 3.63) is 57.1 Å². The number of carboxylic acid groups (broad SMARTS) is 2. The highest BCUT2D eigenvalue weighted by molar-refractivity contribution is 8.00. The number of carboxylic acids is 2. The van der Waals surface area contributed by atoms with E-state index in [1.165, 1.54) is 54.0 Å². The minimum absolute atomic E-state index is 0.00323. The summed E-state index contributed by atoms with van der Waals surface area (Å²) in [7, 11) is 0. The number of carbonyl (C=O) groups is 4. The van der Waals surface area contributed by atoms with Gasteiger partial charge in [0.2, 0.25) is 11.0 Å². The summed E-state index contributed by atoms with van der Waals surface area (Å²) in [6.45, 7) is 2.45. The van der Waals surface area contributed by atoms with E-state index in [2.05, 4.69) is 20.6 Å². The van der Waals surface area contributed by atoms with Crippen molar-refractivity contribution in [2.24, 2.45) is 5.16 Å². The molecule has 0 bridgehead atoms. The molecule has 0 saturated carbocycles. The number of phenolic OH excluding ortho intramolecular Hbond substituents is 1. The predicted octanol–water partition coefficient (Wildman–Crippen LogP) is 0.115. The fourth-order valence-corrected chi connectivity index (χ4v) is 6.13. The maximum atomic E-state index is 13.2. The van der Waals surface area contributed by atoms with Crippen LogP contribution in [0.4, 0.5) is 5.13 Å². The van der Waals surface area contributed by atoms with Gasteiger partial charge in [-0.05, 0) is 31.6 Å². The van der Waals surface area contributed by atoms with Gasteiger partial charge in [-0.1, -0.05) is 5.16 Å². The summed E-state index contributed by atoms with van der Waals surface area (Å²) >= 11 is 2.22. The van der Waals surface area contributed by atoms with E-state index in [9.17, 15) is 39.3 Å². The lowest BCUT2D eigenvalue weighted by atomic mass is 10.0. The number of nitrogen functional groups attached to an aromatic ring is 1. The van der Waals surface area contributed by atoms with E-state index in [1.807, 2.05) is 0 Å². The summed E-state index contributed by atoms with van der Waals surface area (Å²) in [5.74, 6) is -4.54. The summed E-state index contributed by atoms with van der Waals surface area (Å²) in [6, 6.07) is 1.39. The number of aromatic hydroxyl groups is 1. The number of amides is 2. The van der Waals surface area contributed by atoms with Crippen molar-refractivity contribution in [2.75, 3.05) is 11.5 Å². The van der Waals surface area contributed by atoms with Gasteiger partial charge in [-0.3, -0.25) is 24.0 Å². The van der Waals surface area contributed by atoms with Gasteiger partial charge in [0.25, 0.3) is 11.8 Å². The van der Waals surface area contributed by atoms with Crippen LogP contribution in [0.3, 0.4) is 0 Å². The maximum Gasteiger partial charge on any atom is 0.352 e. The Morgan fingerprint density at radius 3 is 2.63 bits per heavy atom. The summed E-state index contributed by atoms with van der Waals surface area (Å²) in [5.41, 5.74) is 4.02. The molecule has 18 heteroatoms. The van der Waals surface area contributed by atoms with Gasteiger partial charge in [0.05, 0.1) is 12.7 Å². The molecule has 2 amide bonds. The fraction of sp³-hybridized carbons (Fsp3) is 0.280. The number of anilines is 1. The maximum absolute atomic E-state index is 13.2. The lowest BCUT2D eigenvalue weighted by Gasteiger charge is -2.49. The molecule has 5 rings (SSSR count). The Morgan fingerprint density at radius 1 is 1.23 bits per heavy atom. The van der Waals surface area contributed by atoms with Crippen molar-refractivity contribution in [3.8, 4) is 16.9 Å². The highest BCUT2D eigenvalue weighted by Gasteiger charge is 2.54. The first-order chi connectivity index (χ1) is 20.3. The largest absolute Gasteiger partial charge is 0.504 e. The third-order valence-electron chi connectivity index (χ3n) is 6.55. The highest BCUT2D eigenvalue weighted by Crippen LogP contribution is 2.41. The third-order valence-corrected chi connectivity index (χ3v) is 8.56. The fourth-order valence-electron chi connectivity index (χ4n) is 4.25.